The zero-order valence-corrected chi connectivity index (χ0v) is 39.1. The van der Waals surface area contributed by atoms with E-state index < -0.39 is 6.10 Å². The first-order chi connectivity index (χ1) is 28.6. The zero-order valence-electron chi connectivity index (χ0n) is 39.1. The Morgan fingerprint density at radius 2 is 0.776 bits per heavy atom. The smallest absolute Gasteiger partial charge is 0.306 e. The molecule has 0 aromatic carbocycles. The van der Waals surface area contributed by atoms with Crippen molar-refractivity contribution in [2.24, 2.45) is 0 Å². The summed E-state index contributed by atoms with van der Waals surface area (Å²) < 4.78 is 17.4. The highest BCUT2D eigenvalue weighted by Crippen LogP contribution is 2.16. The Morgan fingerprint density at radius 3 is 1.24 bits per heavy atom. The van der Waals surface area contributed by atoms with Gasteiger partial charge in [-0.15, -0.1) is 0 Å². The van der Waals surface area contributed by atoms with Gasteiger partial charge in [0.2, 0.25) is 0 Å². The molecule has 0 radical (unpaired) electrons. The molecule has 0 aliphatic carbocycles. The lowest BCUT2D eigenvalue weighted by atomic mass is 10.0. The molecule has 0 aliphatic rings. The normalized spacial score (nSPS) is 12.4. The van der Waals surface area contributed by atoms with E-state index in [0.29, 0.717) is 19.4 Å². The van der Waals surface area contributed by atoms with E-state index in [2.05, 4.69) is 57.2 Å². The van der Waals surface area contributed by atoms with Crippen LogP contribution in [0.4, 0.5) is 0 Å². The standard InChI is InChI=1S/C53H98O5/c1-4-7-10-13-16-19-21-23-25-26-27-29-31-33-36-39-42-45-48-56-49-51(58-53(55)47-44-41-38-34-18-15-12-9-6-3)50-57-52(54)46-43-40-37-35-32-30-28-24-22-20-17-14-11-8-5-2/h8,11,17,20,24,28,51H,4-7,9-10,12-16,18-19,21-23,25-27,29-50H2,1-3H3/b11-8-,20-17-,28-24-. The van der Waals surface area contributed by atoms with Crippen LogP contribution in [0.25, 0.3) is 0 Å². The van der Waals surface area contributed by atoms with Crippen LogP contribution >= 0.6 is 0 Å². The van der Waals surface area contributed by atoms with Crippen LogP contribution < -0.4 is 0 Å². The number of ether oxygens (including phenoxy) is 3. The van der Waals surface area contributed by atoms with E-state index in [1.165, 1.54) is 167 Å². The minimum atomic E-state index is -0.535. The van der Waals surface area contributed by atoms with Gasteiger partial charge in [0.1, 0.15) is 6.61 Å². The molecule has 0 heterocycles. The van der Waals surface area contributed by atoms with Gasteiger partial charge in [-0.05, 0) is 51.4 Å². The van der Waals surface area contributed by atoms with Crippen LogP contribution in [0.2, 0.25) is 0 Å². The van der Waals surface area contributed by atoms with Gasteiger partial charge in [0.15, 0.2) is 6.10 Å². The Bertz CT molecular complexity index is 924. The van der Waals surface area contributed by atoms with Crippen molar-refractivity contribution in [3.63, 3.8) is 0 Å². The summed E-state index contributed by atoms with van der Waals surface area (Å²) in [5.41, 5.74) is 0. The Kier molecular flexibility index (Phi) is 47.9. The summed E-state index contributed by atoms with van der Waals surface area (Å²) in [6.07, 6.45) is 58.7. The molecule has 0 fully saturated rings. The van der Waals surface area contributed by atoms with Gasteiger partial charge in [0.05, 0.1) is 6.61 Å². The van der Waals surface area contributed by atoms with Crippen molar-refractivity contribution in [2.75, 3.05) is 19.8 Å². The molecule has 58 heavy (non-hydrogen) atoms. The van der Waals surface area contributed by atoms with E-state index in [0.717, 1.165) is 64.2 Å². The maximum Gasteiger partial charge on any atom is 0.306 e. The number of hydrogen-bond acceptors (Lipinski definition) is 5. The van der Waals surface area contributed by atoms with Gasteiger partial charge in [-0.25, -0.2) is 0 Å². The first kappa shape index (κ1) is 56.1. The fraction of sp³-hybridized carbons (Fsp3) is 0.849. The van der Waals surface area contributed by atoms with Crippen molar-refractivity contribution in [1.82, 2.24) is 0 Å². The quantitative estimate of drug-likeness (QED) is 0.0348. The Balaban J connectivity index is 4.16. The van der Waals surface area contributed by atoms with Crippen LogP contribution in [0, 0.1) is 0 Å². The van der Waals surface area contributed by atoms with Crippen molar-refractivity contribution in [3.05, 3.63) is 36.5 Å². The lowest BCUT2D eigenvalue weighted by Gasteiger charge is -2.18. The number of rotatable bonds is 47. The van der Waals surface area contributed by atoms with Crippen molar-refractivity contribution < 1.29 is 23.8 Å². The van der Waals surface area contributed by atoms with Crippen LogP contribution in [0.15, 0.2) is 36.5 Å². The number of carbonyl (C=O) groups excluding carboxylic acids is 2. The molecule has 340 valence electrons. The topological polar surface area (TPSA) is 61.8 Å². The summed E-state index contributed by atoms with van der Waals surface area (Å²) in [5, 5.41) is 0. The summed E-state index contributed by atoms with van der Waals surface area (Å²) in [7, 11) is 0. The van der Waals surface area contributed by atoms with Gasteiger partial charge in [-0.1, -0.05) is 237 Å². The minimum Gasteiger partial charge on any atom is -0.462 e. The molecule has 1 atom stereocenters. The first-order valence-electron chi connectivity index (χ1n) is 25.5. The number of esters is 2. The highest BCUT2D eigenvalue weighted by atomic mass is 16.6. The predicted octanol–water partition coefficient (Wildman–Crippen LogP) is 17.0. The summed E-state index contributed by atoms with van der Waals surface area (Å²) in [5.74, 6) is -0.406. The van der Waals surface area contributed by atoms with Gasteiger partial charge in [-0.3, -0.25) is 9.59 Å². The SMILES string of the molecule is CC/C=C\C/C=C\C/C=C\CCCCCCCC(=O)OCC(COCCCCCCCCCCCCCCCCCCCC)OC(=O)CCCCCCCCCCC. The second kappa shape index (κ2) is 49.5. The van der Waals surface area contributed by atoms with E-state index >= 15 is 0 Å². The molecule has 0 bridgehead atoms. The molecule has 0 rings (SSSR count). The third kappa shape index (κ3) is 46.8. The Morgan fingerprint density at radius 1 is 0.397 bits per heavy atom. The fourth-order valence-electron chi connectivity index (χ4n) is 7.41. The predicted molar refractivity (Wildman–Crippen MR) is 252 cm³/mol. The molecule has 1 unspecified atom stereocenters. The Labute approximate surface area is 361 Å². The lowest BCUT2D eigenvalue weighted by Crippen LogP contribution is -2.30. The van der Waals surface area contributed by atoms with Crippen LogP contribution in [0.5, 0.6) is 0 Å². The largest absolute Gasteiger partial charge is 0.462 e. The molecule has 0 amide bonds. The first-order valence-corrected chi connectivity index (χ1v) is 25.5. The second-order valence-corrected chi connectivity index (χ2v) is 17.1. The van der Waals surface area contributed by atoms with Gasteiger partial charge in [-0.2, -0.15) is 0 Å². The van der Waals surface area contributed by atoms with Gasteiger partial charge < -0.3 is 14.2 Å². The molecule has 0 aromatic rings. The number of allylic oxidation sites excluding steroid dienone is 6. The van der Waals surface area contributed by atoms with Crippen molar-refractivity contribution in [2.45, 2.75) is 271 Å². The number of carbonyl (C=O) groups is 2. The van der Waals surface area contributed by atoms with E-state index in [1.807, 2.05) is 0 Å². The maximum atomic E-state index is 12.7. The molecular formula is C53H98O5. The molecule has 0 N–H and O–H groups in total. The van der Waals surface area contributed by atoms with Crippen molar-refractivity contribution in [1.29, 1.82) is 0 Å². The maximum absolute atomic E-state index is 12.7. The van der Waals surface area contributed by atoms with Gasteiger partial charge in [0, 0.05) is 19.4 Å². The Hall–Kier alpha value is -1.88. The third-order valence-corrected chi connectivity index (χ3v) is 11.2. The van der Waals surface area contributed by atoms with E-state index in [4.69, 9.17) is 14.2 Å². The highest BCUT2D eigenvalue weighted by Gasteiger charge is 2.17. The molecule has 5 heteroatoms. The van der Waals surface area contributed by atoms with Crippen LogP contribution in [-0.2, 0) is 23.8 Å². The number of unbranched alkanes of at least 4 members (excludes halogenated alkanes) is 30. The lowest BCUT2D eigenvalue weighted by molar-refractivity contribution is -0.163. The van der Waals surface area contributed by atoms with Gasteiger partial charge >= 0.3 is 11.9 Å². The molecule has 5 nitrogen and oxygen atoms in total. The molecule has 0 aromatic heterocycles. The monoisotopic (exact) mass is 815 g/mol. The van der Waals surface area contributed by atoms with Crippen molar-refractivity contribution >= 4 is 11.9 Å². The fourth-order valence-corrected chi connectivity index (χ4v) is 7.41. The van der Waals surface area contributed by atoms with E-state index in [9.17, 15) is 9.59 Å². The third-order valence-electron chi connectivity index (χ3n) is 11.2. The second-order valence-electron chi connectivity index (χ2n) is 17.1. The molecule has 0 saturated carbocycles. The molecule has 0 spiro atoms. The average molecular weight is 815 g/mol. The van der Waals surface area contributed by atoms with Crippen LogP contribution in [0.1, 0.15) is 265 Å². The highest BCUT2D eigenvalue weighted by molar-refractivity contribution is 5.70. The molecular weight excluding hydrogens is 717 g/mol. The molecule has 0 saturated heterocycles. The van der Waals surface area contributed by atoms with Crippen LogP contribution in [-0.4, -0.2) is 37.9 Å². The van der Waals surface area contributed by atoms with Gasteiger partial charge in [0.25, 0.3) is 0 Å². The van der Waals surface area contributed by atoms with Crippen LogP contribution in [0.3, 0.4) is 0 Å². The molecule has 0 aliphatic heterocycles. The minimum absolute atomic E-state index is 0.0818. The van der Waals surface area contributed by atoms with E-state index in [1.54, 1.807) is 0 Å². The summed E-state index contributed by atoms with van der Waals surface area (Å²) in [4.78, 5) is 25.3. The number of hydrogen-bond donors (Lipinski definition) is 0. The summed E-state index contributed by atoms with van der Waals surface area (Å²) >= 11 is 0. The van der Waals surface area contributed by atoms with Crippen molar-refractivity contribution in [3.8, 4) is 0 Å². The zero-order chi connectivity index (χ0) is 42.1. The van der Waals surface area contributed by atoms with E-state index in [-0.39, 0.29) is 25.2 Å². The summed E-state index contributed by atoms with van der Waals surface area (Å²) in [6, 6.07) is 0. The average Bonchev–Trinajstić information content (AvgIpc) is 3.22. The summed E-state index contributed by atoms with van der Waals surface area (Å²) in [6.45, 7) is 7.73.